The molecule has 1 fully saturated rings. The van der Waals surface area contributed by atoms with Crippen LogP contribution in [-0.4, -0.2) is 59.7 Å². The molecular weight excluding hydrogens is 318 g/mol. The zero-order chi connectivity index (χ0) is 18.8. The summed E-state index contributed by atoms with van der Waals surface area (Å²) in [6.45, 7) is 10.6. The maximum Gasteiger partial charge on any atom is 0.254 e. The number of hydrogen-bond donors (Lipinski definition) is 0. The van der Waals surface area contributed by atoms with Gasteiger partial charge in [0.25, 0.3) is 5.91 Å². The van der Waals surface area contributed by atoms with E-state index in [4.69, 9.17) is 0 Å². The van der Waals surface area contributed by atoms with Crippen molar-refractivity contribution in [1.82, 2.24) is 9.80 Å². The SMILES string of the molecule is C=CC(=O)N(C)c1ccc(C(=O)N2CCN(CC)C(=O)C2(C)C)cc1. The van der Waals surface area contributed by atoms with Gasteiger partial charge < -0.3 is 14.7 Å². The largest absolute Gasteiger partial charge is 0.339 e. The van der Waals surface area contributed by atoms with Gasteiger partial charge in [-0.25, -0.2) is 0 Å². The Morgan fingerprint density at radius 3 is 2.36 bits per heavy atom. The Labute approximate surface area is 148 Å². The maximum atomic E-state index is 12.9. The van der Waals surface area contributed by atoms with Gasteiger partial charge in [0.15, 0.2) is 0 Å². The van der Waals surface area contributed by atoms with Crippen molar-refractivity contribution in [3.05, 3.63) is 42.5 Å². The number of amides is 3. The van der Waals surface area contributed by atoms with Crippen LogP contribution in [-0.2, 0) is 9.59 Å². The molecule has 1 aromatic rings. The molecule has 1 aliphatic heterocycles. The van der Waals surface area contributed by atoms with Crippen LogP contribution in [0.3, 0.4) is 0 Å². The molecule has 2 rings (SSSR count). The van der Waals surface area contributed by atoms with E-state index in [1.807, 2.05) is 6.92 Å². The number of benzene rings is 1. The summed E-state index contributed by atoms with van der Waals surface area (Å²) in [7, 11) is 1.65. The van der Waals surface area contributed by atoms with Gasteiger partial charge in [-0.05, 0) is 51.1 Å². The molecule has 0 aromatic heterocycles. The molecule has 0 aliphatic carbocycles. The minimum atomic E-state index is -0.875. The van der Waals surface area contributed by atoms with E-state index in [2.05, 4.69) is 6.58 Å². The second-order valence-corrected chi connectivity index (χ2v) is 6.55. The molecule has 134 valence electrons. The van der Waals surface area contributed by atoms with Crippen molar-refractivity contribution in [3.8, 4) is 0 Å². The van der Waals surface area contributed by atoms with Crippen LogP contribution in [0.25, 0.3) is 0 Å². The van der Waals surface area contributed by atoms with Crippen molar-refractivity contribution in [2.75, 3.05) is 31.6 Å². The van der Waals surface area contributed by atoms with E-state index >= 15 is 0 Å². The zero-order valence-electron chi connectivity index (χ0n) is 15.3. The van der Waals surface area contributed by atoms with Gasteiger partial charge in [-0.1, -0.05) is 6.58 Å². The molecule has 0 unspecified atom stereocenters. The third-order valence-corrected chi connectivity index (χ3v) is 4.71. The minimum Gasteiger partial charge on any atom is -0.339 e. The molecule has 1 aliphatic rings. The molecule has 6 heteroatoms. The highest BCUT2D eigenvalue weighted by atomic mass is 16.2. The molecule has 3 amide bonds. The van der Waals surface area contributed by atoms with Crippen LogP contribution in [0.1, 0.15) is 31.1 Å². The highest BCUT2D eigenvalue weighted by molar-refractivity contribution is 6.02. The Bertz CT molecular complexity index is 694. The molecule has 0 N–H and O–H groups in total. The van der Waals surface area contributed by atoms with Gasteiger partial charge in [0.2, 0.25) is 11.8 Å². The summed E-state index contributed by atoms with van der Waals surface area (Å²) in [5.74, 6) is -0.442. The minimum absolute atomic E-state index is 0.0393. The van der Waals surface area contributed by atoms with Crippen LogP contribution in [0.5, 0.6) is 0 Å². The number of piperazine rings is 1. The van der Waals surface area contributed by atoms with Gasteiger partial charge in [0.1, 0.15) is 5.54 Å². The number of carbonyl (C=O) groups is 3. The number of anilines is 1. The van der Waals surface area contributed by atoms with Gasteiger partial charge in [0, 0.05) is 37.9 Å². The Morgan fingerprint density at radius 1 is 1.24 bits per heavy atom. The number of hydrogen-bond acceptors (Lipinski definition) is 3. The standard InChI is InChI=1S/C19H25N3O3/c1-6-16(23)20(5)15-10-8-14(9-11-15)17(24)22-13-12-21(7-2)18(25)19(22,3)4/h6,8-11H,1,7,12-13H2,2-5H3. The van der Waals surface area contributed by atoms with Crippen LogP contribution in [0.15, 0.2) is 36.9 Å². The molecule has 0 saturated carbocycles. The summed E-state index contributed by atoms with van der Waals surface area (Å²) >= 11 is 0. The van der Waals surface area contributed by atoms with Gasteiger partial charge >= 0.3 is 0 Å². The molecule has 1 heterocycles. The van der Waals surface area contributed by atoms with Gasteiger partial charge in [0.05, 0.1) is 0 Å². The smallest absolute Gasteiger partial charge is 0.254 e. The van der Waals surface area contributed by atoms with Crippen molar-refractivity contribution in [2.45, 2.75) is 26.3 Å². The number of carbonyl (C=O) groups excluding carboxylic acids is 3. The van der Waals surface area contributed by atoms with Crippen LogP contribution >= 0.6 is 0 Å². The lowest BCUT2D eigenvalue weighted by atomic mass is 9.96. The lowest BCUT2D eigenvalue weighted by Crippen LogP contribution is -2.64. The first-order valence-electron chi connectivity index (χ1n) is 8.35. The molecule has 0 radical (unpaired) electrons. The Balaban J connectivity index is 2.22. The molecule has 0 bridgehead atoms. The van der Waals surface area contributed by atoms with Crippen molar-refractivity contribution < 1.29 is 14.4 Å². The third-order valence-electron chi connectivity index (χ3n) is 4.71. The molecular formula is C19H25N3O3. The first-order chi connectivity index (χ1) is 11.7. The highest BCUT2D eigenvalue weighted by Gasteiger charge is 2.43. The average molecular weight is 343 g/mol. The first kappa shape index (κ1) is 18.7. The van der Waals surface area contributed by atoms with Crippen molar-refractivity contribution in [2.24, 2.45) is 0 Å². The van der Waals surface area contributed by atoms with E-state index in [0.29, 0.717) is 30.9 Å². The predicted molar refractivity (Wildman–Crippen MR) is 97.4 cm³/mol. The maximum absolute atomic E-state index is 12.9. The molecule has 0 spiro atoms. The van der Waals surface area contributed by atoms with Crippen LogP contribution in [0.2, 0.25) is 0 Å². The summed E-state index contributed by atoms with van der Waals surface area (Å²) in [4.78, 5) is 41.9. The third kappa shape index (κ3) is 3.43. The fourth-order valence-electron chi connectivity index (χ4n) is 3.01. The van der Waals surface area contributed by atoms with E-state index in [-0.39, 0.29) is 17.7 Å². The second kappa shape index (κ2) is 7.09. The molecule has 6 nitrogen and oxygen atoms in total. The van der Waals surface area contributed by atoms with Crippen molar-refractivity contribution >= 4 is 23.4 Å². The fraction of sp³-hybridized carbons (Fsp3) is 0.421. The van der Waals surface area contributed by atoms with Crippen molar-refractivity contribution in [1.29, 1.82) is 0 Å². The lowest BCUT2D eigenvalue weighted by Gasteiger charge is -2.45. The summed E-state index contributed by atoms with van der Waals surface area (Å²) in [5, 5.41) is 0. The summed E-state index contributed by atoms with van der Waals surface area (Å²) < 4.78 is 0. The number of likely N-dealkylation sites (N-methyl/N-ethyl adjacent to an activating group) is 2. The summed E-state index contributed by atoms with van der Waals surface area (Å²) in [6.07, 6.45) is 1.24. The van der Waals surface area contributed by atoms with Gasteiger partial charge in [-0.15, -0.1) is 0 Å². The highest BCUT2D eigenvalue weighted by Crippen LogP contribution is 2.25. The van der Waals surface area contributed by atoms with Gasteiger partial charge in [-0.2, -0.15) is 0 Å². The van der Waals surface area contributed by atoms with Crippen LogP contribution in [0.4, 0.5) is 5.69 Å². The summed E-state index contributed by atoms with van der Waals surface area (Å²) in [6, 6.07) is 6.78. The van der Waals surface area contributed by atoms with E-state index in [1.165, 1.54) is 11.0 Å². The molecule has 1 aromatic carbocycles. The topological polar surface area (TPSA) is 60.9 Å². The summed E-state index contributed by atoms with van der Waals surface area (Å²) in [5.41, 5.74) is 0.293. The van der Waals surface area contributed by atoms with Gasteiger partial charge in [-0.3, -0.25) is 14.4 Å². The Morgan fingerprint density at radius 2 is 1.84 bits per heavy atom. The molecule has 1 saturated heterocycles. The predicted octanol–water partition coefficient (Wildman–Crippen LogP) is 1.92. The van der Waals surface area contributed by atoms with E-state index in [9.17, 15) is 14.4 Å². The normalized spacial score (nSPS) is 16.6. The Kier molecular flexibility index (Phi) is 5.30. The van der Waals surface area contributed by atoms with E-state index in [0.717, 1.165) is 0 Å². The fourth-order valence-corrected chi connectivity index (χ4v) is 3.01. The van der Waals surface area contributed by atoms with Crippen LogP contribution in [0, 0.1) is 0 Å². The molecule has 25 heavy (non-hydrogen) atoms. The monoisotopic (exact) mass is 343 g/mol. The average Bonchev–Trinajstić information content (AvgIpc) is 2.62. The zero-order valence-corrected chi connectivity index (χ0v) is 15.3. The second-order valence-electron chi connectivity index (χ2n) is 6.55. The molecule has 0 atom stereocenters. The van der Waals surface area contributed by atoms with E-state index < -0.39 is 5.54 Å². The quantitative estimate of drug-likeness (QED) is 0.785. The first-order valence-corrected chi connectivity index (χ1v) is 8.35. The number of rotatable bonds is 4. The lowest BCUT2D eigenvalue weighted by molar-refractivity contribution is -0.146. The Hall–Kier alpha value is -2.63. The van der Waals surface area contributed by atoms with Crippen molar-refractivity contribution in [3.63, 3.8) is 0 Å². The van der Waals surface area contributed by atoms with Crippen LogP contribution < -0.4 is 4.90 Å². The van der Waals surface area contributed by atoms with E-state index in [1.54, 1.807) is 55.0 Å². The number of nitrogens with zero attached hydrogens (tertiary/aromatic N) is 3.